The van der Waals surface area contributed by atoms with E-state index in [0.29, 0.717) is 37.4 Å². The van der Waals surface area contributed by atoms with Crippen molar-refractivity contribution in [3.05, 3.63) is 78.9 Å². The normalized spacial score (nSPS) is 10.2. The van der Waals surface area contributed by atoms with E-state index in [-0.39, 0.29) is 30.3 Å². The van der Waals surface area contributed by atoms with Crippen LogP contribution in [0.1, 0.15) is 48.9 Å². The Hall–Kier alpha value is -4.64. The van der Waals surface area contributed by atoms with Gasteiger partial charge in [-0.3, -0.25) is 0 Å². The van der Waals surface area contributed by atoms with Crippen LogP contribution in [-0.4, -0.2) is 62.2 Å². The minimum absolute atomic E-state index is 0.0295. The highest BCUT2D eigenvalue weighted by atomic mass is 16.7. The summed E-state index contributed by atoms with van der Waals surface area (Å²) < 4.78 is 30.9. The van der Waals surface area contributed by atoms with Gasteiger partial charge in [0.1, 0.15) is 17.2 Å². The van der Waals surface area contributed by atoms with Crippen LogP contribution in [0.2, 0.25) is 0 Å². The number of carbonyl (C=O) groups is 4. The zero-order valence-corrected chi connectivity index (χ0v) is 23.4. The Kier molecular flexibility index (Phi) is 15.5. The molecule has 11 nitrogen and oxygen atoms in total. The van der Waals surface area contributed by atoms with Crippen molar-refractivity contribution < 1.29 is 52.7 Å². The Morgan fingerprint density at radius 3 is 1.81 bits per heavy atom. The molecule has 0 atom stereocenters. The van der Waals surface area contributed by atoms with E-state index in [0.717, 1.165) is 31.8 Å². The maximum absolute atomic E-state index is 12.5. The number of aliphatic hydroxyl groups excluding tert-OH is 1. The van der Waals surface area contributed by atoms with Crippen molar-refractivity contribution in [2.75, 3.05) is 33.0 Å². The predicted molar refractivity (Wildman–Crippen MR) is 151 cm³/mol. The second-order valence-corrected chi connectivity index (χ2v) is 8.82. The first-order valence-electron chi connectivity index (χ1n) is 13.5. The summed E-state index contributed by atoms with van der Waals surface area (Å²) in [5.41, 5.74) is 0.312. The highest BCUT2D eigenvalue weighted by molar-refractivity contribution is 5.91. The van der Waals surface area contributed by atoms with Gasteiger partial charge in [0, 0.05) is 6.08 Å². The van der Waals surface area contributed by atoms with Crippen LogP contribution in [0.4, 0.5) is 4.79 Å². The fraction of sp³-hybridized carbons (Fsp3) is 0.355. The molecule has 0 saturated carbocycles. The first-order chi connectivity index (χ1) is 20.3. The predicted octanol–water partition coefficient (Wildman–Crippen LogP) is 4.96. The maximum Gasteiger partial charge on any atom is 0.513 e. The zero-order chi connectivity index (χ0) is 30.6. The minimum Gasteiger partial charge on any atom is -0.494 e. The minimum atomic E-state index is -0.903. The molecule has 0 aliphatic rings. The SMILES string of the molecule is C=CC(=O)OCCCCCCOc1ccc(C(=O)Oc2ccc(OC(=O)OCCCCOC(=O)C(=C)CO)cc2)cc1. The second kappa shape index (κ2) is 19.4. The Balaban J connectivity index is 1.62. The smallest absolute Gasteiger partial charge is 0.494 e. The van der Waals surface area contributed by atoms with E-state index in [1.165, 1.54) is 24.3 Å². The Morgan fingerprint density at radius 2 is 1.19 bits per heavy atom. The van der Waals surface area contributed by atoms with Gasteiger partial charge in [-0.1, -0.05) is 13.2 Å². The summed E-state index contributed by atoms with van der Waals surface area (Å²) in [6.45, 7) is 7.31. The molecule has 11 heteroatoms. The number of esters is 3. The summed E-state index contributed by atoms with van der Waals surface area (Å²) in [5.74, 6) is -0.541. The number of benzene rings is 2. The van der Waals surface area contributed by atoms with Gasteiger partial charge in [0.2, 0.25) is 0 Å². The Morgan fingerprint density at radius 1 is 0.667 bits per heavy atom. The molecule has 0 amide bonds. The number of hydrogen-bond donors (Lipinski definition) is 1. The van der Waals surface area contributed by atoms with Gasteiger partial charge in [-0.05, 0) is 87.1 Å². The lowest BCUT2D eigenvalue weighted by molar-refractivity contribution is -0.140. The van der Waals surface area contributed by atoms with E-state index in [2.05, 4.69) is 13.2 Å². The monoisotopic (exact) mass is 584 g/mol. The van der Waals surface area contributed by atoms with Gasteiger partial charge in [0.25, 0.3) is 0 Å². The van der Waals surface area contributed by atoms with Crippen molar-refractivity contribution in [2.45, 2.75) is 38.5 Å². The lowest BCUT2D eigenvalue weighted by Gasteiger charge is -2.09. The number of unbranched alkanes of at least 4 members (excludes halogenated alkanes) is 4. The van der Waals surface area contributed by atoms with Crippen molar-refractivity contribution in [2.24, 2.45) is 0 Å². The first kappa shape index (κ1) is 33.6. The van der Waals surface area contributed by atoms with E-state index in [4.69, 9.17) is 33.5 Å². The van der Waals surface area contributed by atoms with E-state index in [1.54, 1.807) is 24.3 Å². The molecule has 0 aliphatic carbocycles. The van der Waals surface area contributed by atoms with Crippen LogP contribution in [0.5, 0.6) is 17.2 Å². The molecule has 0 unspecified atom stereocenters. The van der Waals surface area contributed by atoms with E-state index < -0.39 is 30.7 Å². The molecule has 1 N–H and O–H groups in total. The molecule has 2 aromatic rings. The highest BCUT2D eigenvalue weighted by Gasteiger charge is 2.11. The average Bonchev–Trinajstić information content (AvgIpc) is 3.00. The molecule has 0 heterocycles. The van der Waals surface area contributed by atoms with Crippen LogP contribution in [0.25, 0.3) is 0 Å². The second-order valence-electron chi connectivity index (χ2n) is 8.82. The van der Waals surface area contributed by atoms with Crippen LogP contribution >= 0.6 is 0 Å². The largest absolute Gasteiger partial charge is 0.513 e. The van der Waals surface area contributed by atoms with Gasteiger partial charge in [-0.15, -0.1) is 0 Å². The van der Waals surface area contributed by atoms with Crippen molar-refractivity contribution >= 4 is 24.1 Å². The number of aliphatic hydroxyl groups is 1. The third-order valence-corrected chi connectivity index (χ3v) is 5.52. The van der Waals surface area contributed by atoms with Crippen molar-refractivity contribution in [1.29, 1.82) is 0 Å². The van der Waals surface area contributed by atoms with Crippen LogP contribution in [0.3, 0.4) is 0 Å². The summed E-state index contributed by atoms with van der Waals surface area (Å²) in [6.07, 6.45) is 4.62. The topological polar surface area (TPSA) is 144 Å². The molecule has 0 spiro atoms. The molecule has 0 saturated heterocycles. The van der Waals surface area contributed by atoms with Crippen molar-refractivity contribution in [1.82, 2.24) is 0 Å². The molecule has 0 aliphatic heterocycles. The van der Waals surface area contributed by atoms with Crippen LogP contribution < -0.4 is 14.2 Å². The molecular formula is C31H36O11. The molecule has 226 valence electrons. The fourth-order valence-electron chi connectivity index (χ4n) is 3.23. The maximum atomic E-state index is 12.5. The summed E-state index contributed by atoms with van der Waals surface area (Å²) in [5, 5.41) is 8.79. The van der Waals surface area contributed by atoms with Gasteiger partial charge in [0.15, 0.2) is 0 Å². The number of hydrogen-bond acceptors (Lipinski definition) is 11. The summed E-state index contributed by atoms with van der Waals surface area (Å²) in [4.78, 5) is 46.6. The molecule has 2 aromatic carbocycles. The van der Waals surface area contributed by atoms with E-state index in [9.17, 15) is 19.2 Å². The lowest BCUT2D eigenvalue weighted by atomic mass is 10.2. The van der Waals surface area contributed by atoms with E-state index in [1.807, 2.05) is 0 Å². The summed E-state index contributed by atoms with van der Waals surface area (Å²) >= 11 is 0. The van der Waals surface area contributed by atoms with Crippen LogP contribution in [-0.2, 0) is 23.8 Å². The van der Waals surface area contributed by atoms with E-state index >= 15 is 0 Å². The number of ether oxygens (including phenoxy) is 6. The standard InChI is InChI=1S/C31H36O11/c1-3-28(33)38-19-7-5-4-6-18-37-25-12-10-24(11-13-25)30(35)41-26-14-16-27(17-15-26)42-31(36)40-21-9-8-20-39-29(34)23(2)22-32/h3,10-17,32H,1-2,4-9,18-22H2. The quantitative estimate of drug-likeness (QED) is 0.0597. The number of carbonyl (C=O) groups excluding carboxylic acids is 4. The lowest BCUT2D eigenvalue weighted by Crippen LogP contribution is -2.13. The van der Waals surface area contributed by atoms with Crippen LogP contribution in [0.15, 0.2) is 73.3 Å². The van der Waals surface area contributed by atoms with Crippen molar-refractivity contribution in [3.8, 4) is 17.2 Å². The molecular weight excluding hydrogens is 548 g/mol. The molecule has 0 fully saturated rings. The highest BCUT2D eigenvalue weighted by Crippen LogP contribution is 2.20. The first-order valence-corrected chi connectivity index (χ1v) is 13.5. The molecule has 0 radical (unpaired) electrons. The fourth-order valence-corrected chi connectivity index (χ4v) is 3.23. The third-order valence-electron chi connectivity index (χ3n) is 5.52. The summed E-state index contributed by atoms with van der Waals surface area (Å²) in [7, 11) is 0. The molecule has 42 heavy (non-hydrogen) atoms. The summed E-state index contributed by atoms with van der Waals surface area (Å²) in [6, 6.07) is 12.5. The van der Waals surface area contributed by atoms with Gasteiger partial charge in [0.05, 0.1) is 44.2 Å². The molecule has 0 bridgehead atoms. The van der Waals surface area contributed by atoms with Gasteiger partial charge in [-0.2, -0.15) is 0 Å². The molecule has 2 rings (SSSR count). The zero-order valence-electron chi connectivity index (χ0n) is 23.4. The Bertz CT molecular complexity index is 1170. The van der Waals surface area contributed by atoms with Crippen molar-refractivity contribution in [3.63, 3.8) is 0 Å². The Labute approximate surface area is 244 Å². The van der Waals surface area contributed by atoms with Gasteiger partial charge < -0.3 is 33.5 Å². The average molecular weight is 585 g/mol. The molecule has 0 aromatic heterocycles. The third kappa shape index (κ3) is 13.6. The number of rotatable bonds is 19. The van der Waals surface area contributed by atoms with Crippen LogP contribution in [0, 0.1) is 0 Å². The van der Waals surface area contributed by atoms with Gasteiger partial charge >= 0.3 is 24.1 Å². The van der Waals surface area contributed by atoms with Gasteiger partial charge in [-0.25, -0.2) is 19.2 Å².